The van der Waals surface area contributed by atoms with Gasteiger partial charge < -0.3 is 10.2 Å². The summed E-state index contributed by atoms with van der Waals surface area (Å²) in [7, 11) is 0. The number of aliphatic hydroxyl groups excluding tert-OH is 1. The molecule has 0 aromatic carbocycles. The van der Waals surface area contributed by atoms with Gasteiger partial charge in [0, 0.05) is 4.88 Å². The van der Waals surface area contributed by atoms with Gasteiger partial charge in [-0.1, -0.05) is 0 Å². The number of hydrogen-bond acceptors (Lipinski definition) is 3. The fourth-order valence-electron chi connectivity index (χ4n) is 0.950. The highest BCUT2D eigenvalue weighted by Gasteiger charge is 2.29. The van der Waals surface area contributed by atoms with E-state index in [9.17, 15) is 10.2 Å². The van der Waals surface area contributed by atoms with E-state index in [4.69, 9.17) is 0 Å². The molecule has 0 spiro atoms. The molecule has 3 heteroatoms. The van der Waals surface area contributed by atoms with Gasteiger partial charge in [-0.3, -0.25) is 0 Å². The molecule has 0 radical (unpaired) electrons. The summed E-state index contributed by atoms with van der Waals surface area (Å²) in [6.07, 6.45) is -0.744. The van der Waals surface area contributed by atoms with Crippen LogP contribution in [0.2, 0.25) is 0 Å². The molecule has 1 aromatic rings. The second-order valence-electron chi connectivity index (χ2n) is 3.27. The standard InChI is InChI=1S/C9H14O2S/c1-6-4-8(5-12-6)9(3,11)7(2)10/h4-5,7,10-11H,1-3H3. The molecule has 1 rings (SSSR count). The van der Waals surface area contributed by atoms with Crippen LogP contribution < -0.4 is 0 Å². The van der Waals surface area contributed by atoms with Crippen molar-refractivity contribution in [1.82, 2.24) is 0 Å². The topological polar surface area (TPSA) is 40.5 Å². The number of thiophene rings is 1. The number of hydrogen-bond donors (Lipinski definition) is 2. The van der Waals surface area contributed by atoms with Crippen molar-refractivity contribution in [2.24, 2.45) is 0 Å². The molecule has 0 saturated heterocycles. The third kappa shape index (κ3) is 1.68. The molecule has 0 aliphatic carbocycles. The second-order valence-corrected chi connectivity index (χ2v) is 4.38. The molecule has 0 amide bonds. The van der Waals surface area contributed by atoms with Crippen molar-refractivity contribution in [3.8, 4) is 0 Å². The van der Waals surface area contributed by atoms with Crippen LogP contribution in [0.4, 0.5) is 0 Å². The smallest absolute Gasteiger partial charge is 0.113 e. The predicted octanol–water partition coefficient (Wildman–Crippen LogP) is 1.64. The van der Waals surface area contributed by atoms with Gasteiger partial charge in [-0.05, 0) is 37.8 Å². The Morgan fingerprint density at radius 3 is 2.50 bits per heavy atom. The molecule has 2 unspecified atom stereocenters. The van der Waals surface area contributed by atoms with E-state index in [1.807, 2.05) is 18.4 Å². The lowest BCUT2D eigenvalue weighted by atomic mass is 9.93. The van der Waals surface area contributed by atoms with Crippen molar-refractivity contribution in [3.05, 3.63) is 21.9 Å². The van der Waals surface area contributed by atoms with Crippen LogP contribution in [0.15, 0.2) is 11.4 Å². The largest absolute Gasteiger partial charge is 0.390 e. The molecular formula is C9H14O2S. The van der Waals surface area contributed by atoms with Crippen molar-refractivity contribution < 1.29 is 10.2 Å². The summed E-state index contributed by atoms with van der Waals surface area (Å²) in [4.78, 5) is 1.14. The molecule has 68 valence electrons. The fraction of sp³-hybridized carbons (Fsp3) is 0.556. The van der Waals surface area contributed by atoms with Crippen LogP contribution in [0.3, 0.4) is 0 Å². The Labute approximate surface area is 76.5 Å². The zero-order chi connectivity index (χ0) is 9.35. The Morgan fingerprint density at radius 1 is 1.58 bits per heavy atom. The third-order valence-corrected chi connectivity index (χ3v) is 2.99. The predicted molar refractivity (Wildman–Crippen MR) is 50.3 cm³/mol. The number of aryl methyl sites for hydroxylation is 1. The fourth-order valence-corrected chi connectivity index (χ4v) is 1.76. The molecule has 2 N–H and O–H groups in total. The molecule has 0 fully saturated rings. The van der Waals surface area contributed by atoms with E-state index in [0.29, 0.717) is 0 Å². The van der Waals surface area contributed by atoms with E-state index in [0.717, 1.165) is 10.4 Å². The van der Waals surface area contributed by atoms with Crippen molar-refractivity contribution >= 4 is 11.3 Å². The summed E-state index contributed by atoms with van der Waals surface area (Å²) >= 11 is 1.58. The van der Waals surface area contributed by atoms with Crippen molar-refractivity contribution in [2.45, 2.75) is 32.5 Å². The molecule has 2 atom stereocenters. The summed E-state index contributed by atoms with van der Waals surface area (Å²) < 4.78 is 0. The molecule has 0 aliphatic heterocycles. The van der Waals surface area contributed by atoms with Gasteiger partial charge in [-0.2, -0.15) is 0 Å². The minimum absolute atomic E-state index is 0.744. The molecule has 1 heterocycles. The molecule has 12 heavy (non-hydrogen) atoms. The minimum atomic E-state index is -1.12. The van der Waals surface area contributed by atoms with Gasteiger partial charge in [0.05, 0.1) is 6.10 Å². The quantitative estimate of drug-likeness (QED) is 0.737. The zero-order valence-corrected chi connectivity index (χ0v) is 8.35. The zero-order valence-electron chi connectivity index (χ0n) is 7.53. The van der Waals surface area contributed by atoms with Gasteiger partial charge in [-0.25, -0.2) is 0 Å². The summed E-state index contributed by atoms with van der Waals surface area (Å²) in [5.41, 5.74) is -0.329. The van der Waals surface area contributed by atoms with E-state index in [1.165, 1.54) is 0 Å². The Bertz CT molecular complexity index is 263. The summed E-state index contributed by atoms with van der Waals surface area (Å²) in [5.74, 6) is 0. The maximum Gasteiger partial charge on any atom is 0.113 e. The van der Waals surface area contributed by atoms with Crippen molar-refractivity contribution in [3.63, 3.8) is 0 Å². The van der Waals surface area contributed by atoms with Crippen LogP contribution in [0.1, 0.15) is 24.3 Å². The Balaban J connectivity index is 2.97. The summed E-state index contributed by atoms with van der Waals surface area (Å²) in [6.45, 7) is 5.19. The van der Waals surface area contributed by atoms with Gasteiger partial charge in [0.15, 0.2) is 0 Å². The number of rotatable bonds is 2. The van der Waals surface area contributed by atoms with E-state index in [1.54, 1.807) is 25.2 Å². The highest BCUT2D eigenvalue weighted by atomic mass is 32.1. The van der Waals surface area contributed by atoms with E-state index >= 15 is 0 Å². The Kier molecular flexibility index (Phi) is 2.56. The second kappa shape index (κ2) is 3.17. The van der Waals surface area contributed by atoms with Crippen LogP contribution >= 0.6 is 11.3 Å². The van der Waals surface area contributed by atoms with Crippen LogP contribution in [0, 0.1) is 6.92 Å². The van der Waals surface area contributed by atoms with Crippen molar-refractivity contribution in [2.75, 3.05) is 0 Å². The SMILES string of the molecule is Cc1cc(C(C)(O)C(C)O)cs1. The lowest BCUT2D eigenvalue weighted by molar-refractivity contribution is -0.0567. The number of aliphatic hydroxyl groups is 2. The average Bonchev–Trinajstić information content (AvgIpc) is 2.35. The van der Waals surface area contributed by atoms with E-state index in [-0.39, 0.29) is 0 Å². The van der Waals surface area contributed by atoms with Gasteiger partial charge in [0.25, 0.3) is 0 Å². The van der Waals surface area contributed by atoms with Crippen LogP contribution in [-0.4, -0.2) is 16.3 Å². The minimum Gasteiger partial charge on any atom is -0.390 e. The molecule has 0 bridgehead atoms. The first-order valence-electron chi connectivity index (χ1n) is 3.90. The maximum atomic E-state index is 9.83. The first kappa shape index (κ1) is 9.71. The lowest BCUT2D eigenvalue weighted by Crippen LogP contribution is -2.33. The average molecular weight is 186 g/mol. The molecule has 0 saturated carbocycles. The van der Waals surface area contributed by atoms with Gasteiger partial charge in [0.2, 0.25) is 0 Å². The monoisotopic (exact) mass is 186 g/mol. The van der Waals surface area contributed by atoms with Crippen LogP contribution in [-0.2, 0) is 5.60 Å². The highest BCUT2D eigenvalue weighted by molar-refractivity contribution is 7.10. The molecule has 0 aliphatic rings. The normalized spacial score (nSPS) is 18.8. The van der Waals surface area contributed by atoms with Crippen LogP contribution in [0.5, 0.6) is 0 Å². The van der Waals surface area contributed by atoms with Crippen molar-refractivity contribution in [1.29, 1.82) is 0 Å². The van der Waals surface area contributed by atoms with Gasteiger partial charge in [0.1, 0.15) is 5.60 Å². The van der Waals surface area contributed by atoms with E-state index in [2.05, 4.69) is 0 Å². The summed E-state index contributed by atoms with van der Waals surface area (Å²) in [6, 6.07) is 1.90. The molecule has 1 aromatic heterocycles. The van der Waals surface area contributed by atoms with E-state index < -0.39 is 11.7 Å². The summed E-state index contributed by atoms with van der Waals surface area (Å²) in [5, 5.41) is 21.0. The molecular weight excluding hydrogens is 172 g/mol. The highest BCUT2D eigenvalue weighted by Crippen LogP contribution is 2.28. The van der Waals surface area contributed by atoms with Gasteiger partial charge >= 0.3 is 0 Å². The van der Waals surface area contributed by atoms with Crippen LogP contribution in [0.25, 0.3) is 0 Å². The first-order valence-corrected chi connectivity index (χ1v) is 4.78. The maximum absolute atomic E-state index is 9.83. The Hall–Kier alpha value is -0.380. The lowest BCUT2D eigenvalue weighted by Gasteiger charge is -2.25. The Morgan fingerprint density at radius 2 is 2.17 bits per heavy atom. The van der Waals surface area contributed by atoms with Gasteiger partial charge in [-0.15, -0.1) is 11.3 Å². The third-order valence-electron chi connectivity index (χ3n) is 2.13. The molecule has 2 nitrogen and oxygen atoms in total. The first-order chi connectivity index (χ1) is 5.44.